The molecule has 1 atom stereocenters. The van der Waals surface area contributed by atoms with Crippen LogP contribution in [0.4, 0.5) is 10.5 Å². The number of para-hydroxylation sites is 1. The first-order valence-corrected chi connectivity index (χ1v) is 12.7. The van der Waals surface area contributed by atoms with Crippen molar-refractivity contribution in [3.8, 4) is 11.4 Å². The number of hydrogen-bond acceptors (Lipinski definition) is 5. The number of nitrogens with one attached hydrogen (secondary N) is 1. The lowest BCUT2D eigenvalue weighted by Gasteiger charge is -2.30. The molecule has 0 aliphatic carbocycles. The van der Waals surface area contributed by atoms with Crippen molar-refractivity contribution in [1.29, 1.82) is 0 Å². The summed E-state index contributed by atoms with van der Waals surface area (Å²) in [5.74, 6) is 1.03. The first-order chi connectivity index (χ1) is 17.8. The molecule has 10 heteroatoms. The fraction of sp³-hybridized carbons (Fsp3) is 0.222. The number of anilines is 1. The molecule has 0 saturated carbocycles. The van der Waals surface area contributed by atoms with Crippen LogP contribution in [-0.4, -0.2) is 47.9 Å². The van der Waals surface area contributed by atoms with Crippen LogP contribution < -0.4 is 15.6 Å². The van der Waals surface area contributed by atoms with E-state index in [1.54, 1.807) is 67.7 Å². The molecule has 0 saturated heterocycles. The van der Waals surface area contributed by atoms with Crippen LogP contribution in [0.5, 0.6) is 5.75 Å². The lowest BCUT2D eigenvalue weighted by molar-refractivity contribution is 0.137. The number of carbonyl (C=O) groups excluding carboxylic acids is 1. The summed E-state index contributed by atoms with van der Waals surface area (Å²) < 4.78 is 12.8. The molecular weight excluding hydrogens is 560 g/mol. The maximum Gasteiger partial charge on any atom is 0.322 e. The van der Waals surface area contributed by atoms with Gasteiger partial charge in [-0.25, -0.2) is 9.78 Å². The van der Waals surface area contributed by atoms with Crippen LogP contribution in [0.1, 0.15) is 18.8 Å². The number of benzene rings is 3. The summed E-state index contributed by atoms with van der Waals surface area (Å²) in [6.45, 7) is 2.38. The number of ether oxygens (including phenoxy) is 2. The molecule has 2 amide bonds. The molecular formula is C27H26BrClN4O4. The van der Waals surface area contributed by atoms with E-state index in [1.807, 2.05) is 25.1 Å². The van der Waals surface area contributed by atoms with Gasteiger partial charge in [0.25, 0.3) is 5.56 Å². The maximum atomic E-state index is 13.8. The molecule has 0 fully saturated rings. The molecule has 0 aliphatic heterocycles. The number of amides is 2. The largest absolute Gasteiger partial charge is 0.497 e. The lowest BCUT2D eigenvalue weighted by atomic mass is 10.2. The molecule has 0 radical (unpaired) electrons. The van der Waals surface area contributed by atoms with E-state index in [4.69, 9.17) is 26.1 Å². The van der Waals surface area contributed by atoms with Crippen LogP contribution in [0.15, 0.2) is 76.0 Å². The summed E-state index contributed by atoms with van der Waals surface area (Å²) in [5, 5.41) is 3.81. The van der Waals surface area contributed by atoms with E-state index in [-0.39, 0.29) is 18.1 Å². The zero-order valence-corrected chi connectivity index (χ0v) is 22.9. The Bertz CT molecular complexity index is 1480. The molecule has 0 bridgehead atoms. The van der Waals surface area contributed by atoms with Crippen LogP contribution >= 0.6 is 27.5 Å². The van der Waals surface area contributed by atoms with Crippen molar-refractivity contribution >= 4 is 50.2 Å². The molecule has 0 spiro atoms. The third-order valence-electron chi connectivity index (χ3n) is 5.94. The molecule has 37 heavy (non-hydrogen) atoms. The summed E-state index contributed by atoms with van der Waals surface area (Å²) in [7, 11) is 3.14. The lowest BCUT2D eigenvalue weighted by Crippen LogP contribution is -2.41. The number of methoxy groups -OCH3 is 2. The van der Waals surface area contributed by atoms with E-state index in [2.05, 4.69) is 21.2 Å². The van der Waals surface area contributed by atoms with E-state index < -0.39 is 6.04 Å². The maximum absolute atomic E-state index is 13.8. The predicted molar refractivity (Wildman–Crippen MR) is 149 cm³/mol. The van der Waals surface area contributed by atoms with Crippen molar-refractivity contribution in [2.45, 2.75) is 13.0 Å². The van der Waals surface area contributed by atoms with Gasteiger partial charge in [-0.05, 0) is 77.5 Å². The van der Waals surface area contributed by atoms with Crippen LogP contribution in [0.3, 0.4) is 0 Å². The third kappa shape index (κ3) is 5.79. The van der Waals surface area contributed by atoms with E-state index in [1.165, 1.54) is 4.57 Å². The molecule has 1 unspecified atom stereocenters. The highest BCUT2D eigenvalue weighted by Gasteiger charge is 2.27. The zero-order valence-electron chi connectivity index (χ0n) is 20.6. The minimum absolute atomic E-state index is 0.264. The number of carbonyl (C=O) groups is 1. The molecule has 0 aliphatic rings. The fourth-order valence-corrected chi connectivity index (χ4v) is 4.54. The van der Waals surface area contributed by atoms with Gasteiger partial charge in [0.1, 0.15) is 11.6 Å². The summed E-state index contributed by atoms with van der Waals surface area (Å²) in [5.41, 5.74) is 1.39. The van der Waals surface area contributed by atoms with E-state index >= 15 is 0 Å². The number of rotatable bonds is 8. The van der Waals surface area contributed by atoms with Crippen molar-refractivity contribution < 1.29 is 14.3 Å². The standard InChI is InChI=1S/C27H26BrClN4O4/c1-17(32(14-15-36-2)27(35)31-23-7-5-4-6-22(23)28)25-30-24-16-18(29)8-13-21(24)26(34)33(25)19-9-11-20(37-3)12-10-19/h4-13,16-17H,14-15H2,1-3H3,(H,31,35). The summed E-state index contributed by atoms with van der Waals surface area (Å²) in [4.78, 5) is 33.7. The van der Waals surface area contributed by atoms with Crippen molar-refractivity contribution in [1.82, 2.24) is 14.5 Å². The Hall–Kier alpha value is -3.40. The highest BCUT2D eigenvalue weighted by molar-refractivity contribution is 9.10. The van der Waals surface area contributed by atoms with E-state index in [0.717, 1.165) is 4.47 Å². The van der Waals surface area contributed by atoms with Crippen molar-refractivity contribution in [3.05, 3.63) is 92.4 Å². The quantitative estimate of drug-likeness (QED) is 0.272. The average molecular weight is 586 g/mol. The molecule has 1 heterocycles. The molecule has 3 aromatic carbocycles. The second-order valence-corrected chi connectivity index (χ2v) is 9.53. The van der Waals surface area contributed by atoms with Gasteiger partial charge in [0.15, 0.2) is 0 Å². The minimum atomic E-state index is -0.615. The van der Waals surface area contributed by atoms with E-state index in [0.29, 0.717) is 45.5 Å². The number of fused-ring (bicyclic) bond motifs is 1. The highest BCUT2D eigenvalue weighted by Crippen LogP contribution is 2.27. The number of urea groups is 1. The van der Waals surface area contributed by atoms with Crippen molar-refractivity contribution in [2.75, 3.05) is 32.7 Å². The van der Waals surface area contributed by atoms with Crippen LogP contribution in [-0.2, 0) is 4.74 Å². The van der Waals surface area contributed by atoms with Gasteiger partial charge in [-0.3, -0.25) is 9.36 Å². The van der Waals surface area contributed by atoms with Crippen LogP contribution in [0.2, 0.25) is 5.02 Å². The zero-order chi connectivity index (χ0) is 26.5. The second kappa shape index (κ2) is 11.8. The van der Waals surface area contributed by atoms with Gasteiger partial charge in [-0.2, -0.15) is 0 Å². The Morgan fingerprint density at radius 3 is 2.54 bits per heavy atom. The number of hydrogen-bond donors (Lipinski definition) is 1. The summed E-state index contributed by atoms with van der Waals surface area (Å²) in [6.07, 6.45) is 0. The van der Waals surface area contributed by atoms with Gasteiger partial charge in [-0.1, -0.05) is 23.7 Å². The third-order valence-corrected chi connectivity index (χ3v) is 6.87. The van der Waals surface area contributed by atoms with Gasteiger partial charge in [0.2, 0.25) is 0 Å². The van der Waals surface area contributed by atoms with Gasteiger partial charge in [0, 0.05) is 23.1 Å². The van der Waals surface area contributed by atoms with Gasteiger partial charge < -0.3 is 19.7 Å². The number of halogens is 2. The van der Waals surface area contributed by atoms with Gasteiger partial charge in [-0.15, -0.1) is 0 Å². The molecule has 4 aromatic rings. The Balaban J connectivity index is 1.85. The first kappa shape index (κ1) is 26.7. The smallest absolute Gasteiger partial charge is 0.322 e. The number of aromatic nitrogens is 2. The molecule has 192 valence electrons. The first-order valence-electron chi connectivity index (χ1n) is 11.5. The molecule has 8 nitrogen and oxygen atoms in total. The monoisotopic (exact) mass is 584 g/mol. The van der Waals surface area contributed by atoms with Gasteiger partial charge in [0.05, 0.1) is 42.0 Å². The Labute approximate surface area is 227 Å². The predicted octanol–water partition coefficient (Wildman–Crippen LogP) is 6.05. The van der Waals surface area contributed by atoms with Crippen molar-refractivity contribution in [2.24, 2.45) is 0 Å². The fourth-order valence-electron chi connectivity index (χ4n) is 3.99. The Morgan fingerprint density at radius 1 is 1.14 bits per heavy atom. The topological polar surface area (TPSA) is 85.7 Å². The van der Waals surface area contributed by atoms with Gasteiger partial charge >= 0.3 is 6.03 Å². The SMILES string of the molecule is COCCN(C(=O)Nc1ccccc1Br)C(C)c1nc2cc(Cl)ccc2c(=O)n1-c1ccc(OC)cc1. The molecule has 1 aromatic heterocycles. The second-order valence-electron chi connectivity index (χ2n) is 8.24. The Kier molecular flexibility index (Phi) is 8.48. The number of nitrogens with zero attached hydrogens (tertiary/aromatic N) is 3. The highest BCUT2D eigenvalue weighted by atomic mass is 79.9. The Morgan fingerprint density at radius 2 is 1.86 bits per heavy atom. The van der Waals surface area contributed by atoms with E-state index in [9.17, 15) is 9.59 Å². The summed E-state index contributed by atoms with van der Waals surface area (Å²) in [6, 6.07) is 18.4. The van der Waals surface area contributed by atoms with Crippen LogP contribution in [0, 0.1) is 0 Å². The molecule has 4 rings (SSSR count). The van der Waals surface area contributed by atoms with Crippen molar-refractivity contribution in [3.63, 3.8) is 0 Å². The normalized spacial score (nSPS) is 11.8. The molecule has 1 N–H and O–H groups in total. The average Bonchev–Trinajstić information content (AvgIpc) is 2.90. The summed E-state index contributed by atoms with van der Waals surface area (Å²) >= 11 is 9.69. The van der Waals surface area contributed by atoms with Crippen LogP contribution in [0.25, 0.3) is 16.6 Å². The minimum Gasteiger partial charge on any atom is -0.497 e.